The first-order valence-corrected chi connectivity index (χ1v) is 13.7. The Balaban J connectivity index is 2.25. The van der Waals surface area contributed by atoms with Gasteiger partial charge >= 0.3 is 11.9 Å². The Kier molecular flexibility index (Phi) is 12.9. The smallest absolute Gasteiger partial charge is 0.332 e. The molecular formula is C29H39F2N3O7. The van der Waals surface area contributed by atoms with Gasteiger partial charge in [-0.15, -0.1) is 0 Å². The molecular weight excluding hydrogens is 540 g/mol. The Labute approximate surface area is 238 Å². The third-order valence-corrected chi connectivity index (χ3v) is 6.77. The average molecular weight is 580 g/mol. The SMILES string of the molecule is CCCC(C)/C=C/C(=O)N[C@@H](Cc1cc(F)cc(F)c1)C(=O)N[C@H](C(=O)OC)[C@H](C)OC(=O)C1CCCN1C(C)=O. The number of halogens is 2. The summed E-state index contributed by atoms with van der Waals surface area (Å²) >= 11 is 0. The van der Waals surface area contributed by atoms with E-state index in [0.717, 1.165) is 32.1 Å². The van der Waals surface area contributed by atoms with Crippen LogP contribution >= 0.6 is 0 Å². The zero-order valence-electron chi connectivity index (χ0n) is 24.1. The van der Waals surface area contributed by atoms with E-state index in [9.17, 15) is 32.8 Å². The number of nitrogens with one attached hydrogen (secondary N) is 2. The predicted molar refractivity (Wildman–Crippen MR) is 145 cm³/mol. The molecule has 0 bridgehead atoms. The quantitative estimate of drug-likeness (QED) is 0.271. The van der Waals surface area contributed by atoms with Crippen LogP contribution in [-0.4, -0.2) is 72.4 Å². The summed E-state index contributed by atoms with van der Waals surface area (Å²) in [6.07, 6.45) is 4.20. The van der Waals surface area contributed by atoms with Gasteiger partial charge in [0.1, 0.15) is 29.8 Å². The van der Waals surface area contributed by atoms with Crippen molar-refractivity contribution < 1.29 is 42.2 Å². The van der Waals surface area contributed by atoms with E-state index >= 15 is 0 Å². The molecule has 0 saturated carbocycles. The van der Waals surface area contributed by atoms with Crippen molar-refractivity contribution in [1.82, 2.24) is 15.5 Å². The summed E-state index contributed by atoms with van der Waals surface area (Å²) in [7, 11) is 1.08. The molecule has 1 aliphatic rings. The van der Waals surface area contributed by atoms with Gasteiger partial charge in [0.05, 0.1) is 7.11 Å². The van der Waals surface area contributed by atoms with Crippen LogP contribution in [0.2, 0.25) is 0 Å². The van der Waals surface area contributed by atoms with E-state index in [4.69, 9.17) is 9.47 Å². The minimum absolute atomic E-state index is 0.0888. The number of hydrogen-bond donors (Lipinski definition) is 2. The highest BCUT2D eigenvalue weighted by molar-refractivity contribution is 5.94. The molecule has 41 heavy (non-hydrogen) atoms. The van der Waals surface area contributed by atoms with E-state index in [1.165, 1.54) is 24.8 Å². The van der Waals surface area contributed by atoms with Crippen molar-refractivity contribution in [3.05, 3.63) is 47.5 Å². The van der Waals surface area contributed by atoms with Crippen molar-refractivity contribution in [1.29, 1.82) is 0 Å². The number of nitrogens with zero attached hydrogens (tertiary/aromatic N) is 1. The van der Waals surface area contributed by atoms with Crippen LogP contribution in [0.1, 0.15) is 58.9 Å². The zero-order valence-corrected chi connectivity index (χ0v) is 24.1. The van der Waals surface area contributed by atoms with Crippen LogP contribution in [0.5, 0.6) is 0 Å². The highest BCUT2D eigenvalue weighted by atomic mass is 19.1. The van der Waals surface area contributed by atoms with Crippen molar-refractivity contribution in [3.8, 4) is 0 Å². The monoisotopic (exact) mass is 579 g/mol. The molecule has 1 aromatic carbocycles. The number of likely N-dealkylation sites (tertiary alicyclic amines) is 1. The number of esters is 2. The van der Waals surface area contributed by atoms with Crippen LogP contribution in [0.3, 0.4) is 0 Å². The minimum Gasteiger partial charge on any atom is -0.467 e. The number of carbonyl (C=O) groups excluding carboxylic acids is 5. The Morgan fingerprint density at radius 1 is 1.10 bits per heavy atom. The number of hydrogen-bond acceptors (Lipinski definition) is 7. The van der Waals surface area contributed by atoms with Gasteiger partial charge in [0.15, 0.2) is 6.04 Å². The molecule has 2 rings (SSSR count). The fourth-order valence-corrected chi connectivity index (χ4v) is 4.66. The number of methoxy groups -OCH3 is 1. The maximum absolute atomic E-state index is 13.8. The molecule has 2 unspecified atom stereocenters. The van der Waals surface area contributed by atoms with Crippen molar-refractivity contribution in [2.45, 2.75) is 84.0 Å². The predicted octanol–water partition coefficient (Wildman–Crippen LogP) is 2.58. The molecule has 1 heterocycles. The highest BCUT2D eigenvalue weighted by Gasteiger charge is 2.38. The molecule has 0 radical (unpaired) electrons. The molecule has 10 nitrogen and oxygen atoms in total. The summed E-state index contributed by atoms with van der Waals surface area (Å²) < 4.78 is 37.9. The first-order valence-electron chi connectivity index (χ1n) is 13.7. The summed E-state index contributed by atoms with van der Waals surface area (Å²) in [5, 5.41) is 4.96. The molecule has 5 atom stereocenters. The van der Waals surface area contributed by atoms with Gasteiger partial charge in [-0.3, -0.25) is 14.4 Å². The third-order valence-electron chi connectivity index (χ3n) is 6.77. The minimum atomic E-state index is -1.48. The maximum atomic E-state index is 13.8. The maximum Gasteiger partial charge on any atom is 0.332 e. The van der Waals surface area contributed by atoms with E-state index in [1.54, 1.807) is 6.08 Å². The molecule has 1 aromatic rings. The Bertz CT molecular complexity index is 1120. The summed E-state index contributed by atoms with van der Waals surface area (Å²) in [5.74, 6) is -5.07. The van der Waals surface area contributed by atoms with E-state index < -0.39 is 59.6 Å². The second kappa shape index (κ2) is 15.8. The molecule has 2 N–H and O–H groups in total. The van der Waals surface area contributed by atoms with Gasteiger partial charge in [0.25, 0.3) is 0 Å². The van der Waals surface area contributed by atoms with Gasteiger partial charge in [0.2, 0.25) is 17.7 Å². The second-order valence-corrected chi connectivity index (χ2v) is 10.2. The molecule has 0 aromatic heterocycles. The molecule has 226 valence electrons. The van der Waals surface area contributed by atoms with Crippen molar-refractivity contribution in [3.63, 3.8) is 0 Å². The lowest BCUT2D eigenvalue weighted by molar-refractivity contribution is -0.163. The van der Waals surface area contributed by atoms with Crippen LogP contribution in [0.4, 0.5) is 8.78 Å². The molecule has 12 heteroatoms. The van der Waals surface area contributed by atoms with Crippen LogP contribution in [0.25, 0.3) is 0 Å². The number of amides is 3. The fraction of sp³-hybridized carbons (Fsp3) is 0.552. The lowest BCUT2D eigenvalue weighted by atomic mass is 10.0. The Morgan fingerprint density at radius 2 is 1.76 bits per heavy atom. The lowest BCUT2D eigenvalue weighted by Crippen LogP contribution is -2.56. The second-order valence-electron chi connectivity index (χ2n) is 10.2. The summed E-state index contributed by atoms with van der Waals surface area (Å²) in [6, 6.07) is -0.921. The average Bonchev–Trinajstić information content (AvgIpc) is 3.40. The standard InChI is InChI=1S/C29H39F2N3O7/c1-6-8-17(2)10-11-25(36)32-23(15-20-13-21(30)16-22(31)14-20)27(37)33-26(29(39)40-5)18(3)41-28(38)24-9-7-12-34(24)19(4)35/h10-11,13-14,16-18,23-24,26H,6-9,12,15H2,1-5H3,(H,32,36)(H,33,37)/b11-10+/t17?,18-,23-,24?,26-/m0/s1. The van der Waals surface area contributed by atoms with Gasteiger partial charge in [-0.05, 0) is 55.9 Å². The molecule has 1 fully saturated rings. The van der Waals surface area contributed by atoms with Crippen LogP contribution in [0.15, 0.2) is 30.4 Å². The van der Waals surface area contributed by atoms with Crippen LogP contribution in [-0.2, 0) is 39.9 Å². The molecule has 0 aliphatic carbocycles. The van der Waals surface area contributed by atoms with E-state index in [0.29, 0.717) is 25.5 Å². The number of allylic oxidation sites excluding steroid dienone is 1. The largest absolute Gasteiger partial charge is 0.467 e. The topological polar surface area (TPSA) is 131 Å². The number of carbonyl (C=O) groups is 5. The van der Waals surface area contributed by atoms with E-state index in [1.807, 2.05) is 13.8 Å². The number of benzene rings is 1. The zero-order chi connectivity index (χ0) is 30.7. The Hall–Kier alpha value is -3.83. The van der Waals surface area contributed by atoms with Crippen LogP contribution in [0, 0.1) is 17.6 Å². The molecule has 3 amide bonds. The summed E-state index contributed by atoms with van der Waals surface area (Å²) in [6.45, 7) is 7.05. The number of rotatable bonds is 13. The normalized spacial score (nSPS) is 17.8. The Morgan fingerprint density at radius 3 is 2.34 bits per heavy atom. The third kappa shape index (κ3) is 10.3. The summed E-state index contributed by atoms with van der Waals surface area (Å²) in [5.41, 5.74) is 0.0888. The molecule has 0 spiro atoms. The van der Waals surface area contributed by atoms with Gasteiger partial charge in [-0.2, -0.15) is 0 Å². The van der Waals surface area contributed by atoms with Gasteiger partial charge < -0.3 is 25.0 Å². The summed E-state index contributed by atoms with van der Waals surface area (Å²) in [4.78, 5) is 64.7. The van der Waals surface area contributed by atoms with Crippen molar-refractivity contribution >= 4 is 29.7 Å². The van der Waals surface area contributed by atoms with Crippen molar-refractivity contribution in [2.75, 3.05) is 13.7 Å². The first-order chi connectivity index (χ1) is 19.4. The molecule has 1 aliphatic heterocycles. The van der Waals surface area contributed by atoms with E-state index in [2.05, 4.69) is 10.6 Å². The lowest BCUT2D eigenvalue weighted by Gasteiger charge is -2.28. The van der Waals surface area contributed by atoms with Gasteiger partial charge in [-0.25, -0.2) is 18.4 Å². The fourth-order valence-electron chi connectivity index (χ4n) is 4.66. The first kappa shape index (κ1) is 33.4. The van der Waals surface area contributed by atoms with E-state index in [-0.39, 0.29) is 23.8 Å². The number of ether oxygens (including phenoxy) is 2. The van der Waals surface area contributed by atoms with Crippen LogP contribution < -0.4 is 10.6 Å². The van der Waals surface area contributed by atoms with Crippen molar-refractivity contribution in [2.24, 2.45) is 5.92 Å². The van der Waals surface area contributed by atoms with Gasteiger partial charge in [0, 0.05) is 26.0 Å². The molecule has 1 saturated heterocycles. The van der Waals surface area contributed by atoms with Gasteiger partial charge in [-0.1, -0.05) is 26.3 Å². The highest BCUT2D eigenvalue weighted by Crippen LogP contribution is 2.20.